The van der Waals surface area contributed by atoms with E-state index in [1.807, 2.05) is 12.1 Å². The molecule has 1 aliphatic heterocycles. The highest BCUT2D eigenvalue weighted by Gasteiger charge is 2.26. The average molecular weight is 422 g/mol. The van der Waals surface area contributed by atoms with E-state index in [1.165, 1.54) is 6.92 Å². The summed E-state index contributed by atoms with van der Waals surface area (Å²) in [5.74, 6) is 1.09. The predicted molar refractivity (Wildman–Crippen MR) is 118 cm³/mol. The van der Waals surface area contributed by atoms with Crippen molar-refractivity contribution < 1.29 is 4.79 Å². The maximum atomic E-state index is 11.4. The summed E-state index contributed by atoms with van der Waals surface area (Å²) >= 11 is 6.19. The predicted octanol–water partition coefficient (Wildman–Crippen LogP) is 3.20. The van der Waals surface area contributed by atoms with E-state index in [9.17, 15) is 10.1 Å². The summed E-state index contributed by atoms with van der Waals surface area (Å²) in [6.45, 7) is 2.94. The van der Waals surface area contributed by atoms with Gasteiger partial charge in [-0.2, -0.15) is 10.2 Å². The van der Waals surface area contributed by atoms with Crippen molar-refractivity contribution >= 4 is 51.6 Å². The van der Waals surface area contributed by atoms with Crippen molar-refractivity contribution in [3.8, 4) is 6.07 Å². The van der Waals surface area contributed by atoms with E-state index < -0.39 is 0 Å². The van der Waals surface area contributed by atoms with Crippen LogP contribution in [0.2, 0.25) is 5.02 Å². The normalized spacial score (nSPS) is 15.8. The van der Waals surface area contributed by atoms with Gasteiger partial charge in [0, 0.05) is 47.8 Å². The number of fused-ring (bicyclic) bond motifs is 1. The fourth-order valence-electron chi connectivity index (χ4n) is 3.66. The molecule has 0 unspecified atom stereocenters. The van der Waals surface area contributed by atoms with E-state index in [1.54, 1.807) is 24.3 Å². The number of nitriles is 1. The molecule has 2 heterocycles. The first-order valence-electron chi connectivity index (χ1n) is 9.48. The third-order valence-electron chi connectivity index (χ3n) is 4.87. The molecule has 3 aromatic rings. The van der Waals surface area contributed by atoms with Gasteiger partial charge in [-0.05, 0) is 42.8 Å². The van der Waals surface area contributed by atoms with Crippen LogP contribution in [-0.4, -0.2) is 35.0 Å². The molecule has 0 spiro atoms. The molecule has 0 radical (unpaired) electrons. The molecule has 1 amide bonds. The number of amides is 1. The number of hydrogen-bond acceptors (Lipinski definition) is 7. The van der Waals surface area contributed by atoms with Crippen LogP contribution in [0, 0.1) is 11.3 Å². The molecule has 0 saturated carbocycles. The second kappa shape index (κ2) is 8.05. The minimum atomic E-state index is -0.0431. The molecule has 1 fully saturated rings. The van der Waals surface area contributed by atoms with Crippen LogP contribution in [0.1, 0.15) is 18.9 Å². The molecule has 4 rings (SSSR count). The Balaban J connectivity index is 1.72. The summed E-state index contributed by atoms with van der Waals surface area (Å²) in [6.07, 6.45) is 0.835. The maximum absolute atomic E-state index is 11.4. The standard InChI is InChI=1S/C21H20ClN7O/c1-12(30)25-16-4-5-29(11-16)20-18-3-2-14(22)8-19(18)27-21(28-20)26-17-7-13(10-23)6-15(24)9-17/h2-3,6-9,16H,4-5,11,24H2,1H3,(H,25,30)(H,26,27,28)/t16-/m0/s1. The lowest BCUT2D eigenvalue weighted by atomic mass is 10.2. The van der Waals surface area contributed by atoms with Crippen molar-refractivity contribution in [3.63, 3.8) is 0 Å². The topological polar surface area (TPSA) is 120 Å². The number of nitrogens with two attached hydrogens (primary N) is 1. The van der Waals surface area contributed by atoms with E-state index in [0.717, 1.165) is 24.2 Å². The van der Waals surface area contributed by atoms with Crippen LogP contribution < -0.4 is 21.3 Å². The average Bonchev–Trinajstić information content (AvgIpc) is 3.14. The van der Waals surface area contributed by atoms with E-state index in [4.69, 9.17) is 22.3 Å². The fourth-order valence-corrected chi connectivity index (χ4v) is 3.82. The second-order valence-corrected chi connectivity index (χ2v) is 7.68. The van der Waals surface area contributed by atoms with Crippen molar-refractivity contribution in [2.24, 2.45) is 0 Å². The quantitative estimate of drug-likeness (QED) is 0.553. The van der Waals surface area contributed by atoms with Gasteiger partial charge in [0.1, 0.15) is 5.82 Å². The highest BCUT2D eigenvalue weighted by Crippen LogP contribution is 2.31. The number of halogens is 1. The van der Waals surface area contributed by atoms with Gasteiger partial charge in [-0.25, -0.2) is 4.98 Å². The lowest BCUT2D eigenvalue weighted by Gasteiger charge is -2.20. The zero-order chi connectivity index (χ0) is 21.3. The second-order valence-electron chi connectivity index (χ2n) is 7.24. The smallest absolute Gasteiger partial charge is 0.229 e. The number of nitrogen functional groups attached to an aromatic ring is 1. The Kier molecular flexibility index (Phi) is 5.29. The van der Waals surface area contributed by atoms with Gasteiger partial charge in [-0.1, -0.05) is 11.6 Å². The number of nitrogens with one attached hydrogen (secondary N) is 2. The Morgan fingerprint density at radius 2 is 2.13 bits per heavy atom. The largest absolute Gasteiger partial charge is 0.399 e. The first kappa shape index (κ1) is 19.7. The minimum Gasteiger partial charge on any atom is -0.399 e. The van der Waals surface area contributed by atoms with Gasteiger partial charge in [0.25, 0.3) is 0 Å². The van der Waals surface area contributed by atoms with Gasteiger partial charge < -0.3 is 21.3 Å². The van der Waals surface area contributed by atoms with E-state index in [2.05, 4.69) is 26.6 Å². The molecule has 8 nitrogen and oxygen atoms in total. The van der Waals surface area contributed by atoms with Gasteiger partial charge in [-0.15, -0.1) is 0 Å². The van der Waals surface area contributed by atoms with Gasteiger partial charge in [0.2, 0.25) is 11.9 Å². The first-order valence-corrected chi connectivity index (χ1v) is 9.86. The van der Waals surface area contributed by atoms with Crippen molar-refractivity contribution in [2.45, 2.75) is 19.4 Å². The lowest BCUT2D eigenvalue weighted by Crippen LogP contribution is -2.35. The zero-order valence-corrected chi connectivity index (χ0v) is 17.1. The van der Waals surface area contributed by atoms with E-state index in [-0.39, 0.29) is 11.9 Å². The van der Waals surface area contributed by atoms with Crippen LogP contribution in [-0.2, 0) is 4.79 Å². The summed E-state index contributed by atoms with van der Waals surface area (Å²) in [5, 5.41) is 16.7. The Hall–Kier alpha value is -3.57. The highest BCUT2D eigenvalue weighted by atomic mass is 35.5. The molecule has 0 aliphatic carbocycles. The van der Waals surface area contributed by atoms with Crippen LogP contribution >= 0.6 is 11.6 Å². The van der Waals surface area contributed by atoms with Crippen molar-refractivity contribution in [1.82, 2.24) is 15.3 Å². The number of aromatic nitrogens is 2. The van der Waals surface area contributed by atoms with E-state index >= 15 is 0 Å². The van der Waals surface area contributed by atoms with Crippen molar-refractivity contribution in [3.05, 3.63) is 47.0 Å². The minimum absolute atomic E-state index is 0.0431. The zero-order valence-electron chi connectivity index (χ0n) is 16.3. The monoisotopic (exact) mass is 421 g/mol. The van der Waals surface area contributed by atoms with Crippen molar-refractivity contribution in [1.29, 1.82) is 5.26 Å². The van der Waals surface area contributed by atoms with Crippen LogP contribution in [0.15, 0.2) is 36.4 Å². The number of anilines is 4. The summed E-state index contributed by atoms with van der Waals surface area (Å²) in [4.78, 5) is 22.9. The summed E-state index contributed by atoms with van der Waals surface area (Å²) in [5.41, 5.74) is 8.12. The highest BCUT2D eigenvalue weighted by molar-refractivity contribution is 6.31. The van der Waals surface area contributed by atoms with Crippen molar-refractivity contribution in [2.75, 3.05) is 29.0 Å². The molecule has 9 heteroatoms. The molecule has 1 atom stereocenters. The summed E-state index contributed by atoms with van der Waals surface area (Å²) < 4.78 is 0. The molecular formula is C21H20ClN7O. The molecular weight excluding hydrogens is 402 g/mol. The molecule has 1 aromatic heterocycles. The third-order valence-corrected chi connectivity index (χ3v) is 5.11. The Bertz CT molecular complexity index is 1170. The number of nitrogens with zero attached hydrogens (tertiary/aromatic N) is 4. The molecule has 2 aromatic carbocycles. The molecule has 1 aliphatic rings. The number of carbonyl (C=O) groups is 1. The first-order chi connectivity index (χ1) is 14.4. The van der Waals surface area contributed by atoms with Crippen LogP contribution in [0.4, 0.5) is 23.1 Å². The van der Waals surface area contributed by atoms with Crippen LogP contribution in [0.25, 0.3) is 10.9 Å². The molecule has 152 valence electrons. The Labute approximate surface area is 178 Å². The maximum Gasteiger partial charge on any atom is 0.229 e. The van der Waals surface area contributed by atoms with Crippen LogP contribution in [0.5, 0.6) is 0 Å². The van der Waals surface area contributed by atoms with Gasteiger partial charge in [0.15, 0.2) is 0 Å². The van der Waals surface area contributed by atoms with Crippen LogP contribution in [0.3, 0.4) is 0 Å². The van der Waals surface area contributed by atoms with Gasteiger partial charge in [-0.3, -0.25) is 4.79 Å². The van der Waals surface area contributed by atoms with E-state index in [0.29, 0.717) is 40.0 Å². The summed E-state index contributed by atoms with van der Waals surface area (Å²) in [6, 6.07) is 12.7. The number of benzene rings is 2. The lowest BCUT2D eigenvalue weighted by molar-refractivity contribution is -0.119. The van der Waals surface area contributed by atoms with Gasteiger partial charge in [0.05, 0.1) is 17.1 Å². The molecule has 1 saturated heterocycles. The SMILES string of the molecule is CC(=O)N[C@H]1CCN(c2nc(Nc3cc(N)cc(C#N)c3)nc3cc(Cl)ccc23)C1. The molecule has 0 bridgehead atoms. The molecule has 4 N–H and O–H groups in total. The Morgan fingerprint density at radius 3 is 2.90 bits per heavy atom. The molecule has 30 heavy (non-hydrogen) atoms. The summed E-state index contributed by atoms with van der Waals surface area (Å²) in [7, 11) is 0. The number of carbonyl (C=O) groups excluding carboxylic acids is 1. The third kappa shape index (κ3) is 4.21. The number of rotatable bonds is 4. The number of hydrogen-bond donors (Lipinski definition) is 3. The fraction of sp³-hybridized carbons (Fsp3) is 0.238. The Morgan fingerprint density at radius 1 is 1.30 bits per heavy atom. The van der Waals surface area contributed by atoms with Gasteiger partial charge >= 0.3 is 0 Å².